The lowest BCUT2D eigenvalue weighted by Gasteiger charge is -2.30. The molecule has 0 saturated carbocycles. The zero-order valence-electron chi connectivity index (χ0n) is 17.9. The summed E-state index contributed by atoms with van der Waals surface area (Å²) < 4.78 is 0. The Morgan fingerprint density at radius 1 is 1.14 bits per heavy atom. The van der Waals surface area contributed by atoms with E-state index in [-0.39, 0.29) is 23.0 Å². The summed E-state index contributed by atoms with van der Waals surface area (Å²) in [6, 6.07) is 8.54. The van der Waals surface area contributed by atoms with Crippen LogP contribution in [0.3, 0.4) is 0 Å². The maximum absolute atomic E-state index is 13.2. The van der Waals surface area contributed by atoms with Gasteiger partial charge in [0.15, 0.2) is 0 Å². The van der Waals surface area contributed by atoms with E-state index in [4.69, 9.17) is 4.84 Å². The Kier molecular flexibility index (Phi) is 6.51. The van der Waals surface area contributed by atoms with Crippen LogP contribution in [0.25, 0.3) is 0 Å². The number of allylic oxidation sites excluding steroid dienone is 4. The minimum absolute atomic E-state index is 0.0497. The first-order valence-electron chi connectivity index (χ1n) is 10.6. The van der Waals surface area contributed by atoms with Crippen LogP contribution < -0.4 is 0 Å². The molecular formula is C25H31NO3. The average molecular weight is 394 g/mol. The topological polar surface area (TPSA) is 55.7 Å². The van der Waals surface area contributed by atoms with Crippen LogP contribution in [0.5, 0.6) is 0 Å². The number of rotatable bonds is 8. The van der Waals surface area contributed by atoms with Gasteiger partial charge in [0.25, 0.3) is 0 Å². The van der Waals surface area contributed by atoms with Crippen molar-refractivity contribution < 1.29 is 14.4 Å². The fourth-order valence-electron chi connectivity index (χ4n) is 4.55. The van der Waals surface area contributed by atoms with E-state index in [1.807, 2.05) is 6.08 Å². The van der Waals surface area contributed by atoms with Gasteiger partial charge in [-0.25, -0.2) is 4.79 Å². The molecule has 4 heteroatoms. The van der Waals surface area contributed by atoms with Crippen molar-refractivity contribution in [1.82, 2.24) is 0 Å². The molecule has 0 aromatic heterocycles. The normalized spacial score (nSPS) is 21.9. The standard InChI is InChI=1S/C25H31NO3/c1-5-6-7-8-13-23(26-29-17(2)27)24(28)18-14-15-20-19-11-9-10-12-21(19)25(3,4)22(20)16-18/h9-12,14-16,20,22H,5-8,13H2,1-4H3/b26-23+. The summed E-state index contributed by atoms with van der Waals surface area (Å²) in [5, 5.41) is 3.90. The molecule has 0 radical (unpaired) electrons. The van der Waals surface area contributed by atoms with E-state index >= 15 is 0 Å². The van der Waals surface area contributed by atoms with Gasteiger partial charge in [-0.05, 0) is 35.3 Å². The van der Waals surface area contributed by atoms with Crippen LogP contribution in [0.4, 0.5) is 0 Å². The summed E-state index contributed by atoms with van der Waals surface area (Å²) >= 11 is 0. The van der Waals surface area contributed by atoms with Crippen molar-refractivity contribution in [1.29, 1.82) is 0 Å². The molecule has 0 fully saturated rings. The van der Waals surface area contributed by atoms with Crippen LogP contribution >= 0.6 is 0 Å². The van der Waals surface area contributed by atoms with Gasteiger partial charge in [0, 0.05) is 18.4 Å². The van der Waals surface area contributed by atoms with Gasteiger partial charge in [0.2, 0.25) is 5.78 Å². The zero-order valence-corrected chi connectivity index (χ0v) is 17.9. The number of benzene rings is 1. The molecule has 0 aliphatic heterocycles. The minimum atomic E-state index is -0.510. The third-order valence-corrected chi connectivity index (χ3v) is 6.15. The summed E-state index contributed by atoms with van der Waals surface area (Å²) in [4.78, 5) is 29.2. The number of hydrogen-bond donors (Lipinski definition) is 0. The highest BCUT2D eigenvalue weighted by atomic mass is 16.7. The third kappa shape index (κ3) is 4.42. The Morgan fingerprint density at radius 2 is 1.90 bits per heavy atom. The lowest BCUT2D eigenvalue weighted by Crippen LogP contribution is -2.27. The van der Waals surface area contributed by atoms with Gasteiger partial charge in [0.05, 0.1) is 0 Å². The highest BCUT2D eigenvalue weighted by Gasteiger charge is 2.45. The molecule has 2 unspecified atom stereocenters. The Balaban J connectivity index is 1.84. The van der Waals surface area contributed by atoms with Crippen molar-refractivity contribution in [2.75, 3.05) is 0 Å². The summed E-state index contributed by atoms with van der Waals surface area (Å²) in [5.41, 5.74) is 3.62. The molecule has 154 valence electrons. The monoisotopic (exact) mass is 393 g/mol. The van der Waals surface area contributed by atoms with Crippen molar-refractivity contribution in [3.05, 3.63) is 59.2 Å². The van der Waals surface area contributed by atoms with E-state index in [0.717, 1.165) is 25.7 Å². The number of oxime groups is 1. The number of unbranched alkanes of at least 4 members (excludes halogenated alkanes) is 3. The predicted octanol–water partition coefficient (Wildman–Crippen LogP) is 5.63. The molecule has 0 amide bonds. The number of Topliss-reactive ketones (excluding diaryl/α,β-unsaturated/α-hetero) is 1. The largest absolute Gasteiger partial charge is 0.331 e. The molecule has 2 aliphatic carbocycles. The maximum atomic E-state index is 13.2. The number of carbonyl (C=O) groups is 2. The van der Waals surface area contributed by atoms with E-state index in [9.17, 15) is 9.59 Å². The van der Waals surface area contributed by atoms with Gasteiger partial charge >= 0.3 is 5.97 Å². The Labute approximate surface area is 173 Å². The van der Waals surface area contributed by atoms with Gasteiger partial charge in [-0.15, -0.1) is 0 Å². The lowest BCUT2D eigenvalue weighted by molar-refractivity contribution is -0.140. The molecule has 0 heterocycles. The van der Waals surface area contributed by atoms with E-state index in [2.05, 4.69) is 62.3 Å². The number of carbonyl (C=O) groups excluding carboxylic acids is 2. The average Bonchev–Trinajstić information content (AvgIpc) is 2.94. The van der Waals surface area contributed by atoms with Gasteiger partial charge in [0.1, 0.15) is 5.71 Å². The molecule has 0 N–H and O–H groups in total. The molecule has 2 atom stereocenters. The summed E-state index contributed by atoms with van der Waals surface area (Å²) in [6.07, 6.45) is 10.8. The second-order valence-corrected chi connectivity index (χ2v) is 8.60. The molecule has 4 nitrogen and oxygen atoms in total. The highest BCUT2D eigenvalue weighted by Crippen LogP contribution is 2.53. The molecule has 1 aromatic rings. The summed E-state index contributed by atoms with van der Waals surface area (Å²) in [7, 11) is 0. The highest BCUT2D eigenvalue weighted by molar-refractivity contribution is 6.46. The molecule has 1 aromatic carbocycles. The quantitative estimate of drug-likeness (QED) is 0.249. The predicted molar refractivity (Wildman–Crippen MR) is 116 cm³/mol. The zero-order chi connectivity index (χ0) is 21.0. The van der Waals surface area contributed by atoms with Crippen LogP contribution in [0.2, 0.25) is 0 Å². The van der Waals surface area contributed by atoms with Crippen LogP contribution in [0.1, 0.15) is 76.8 Å². The van der Waals surface area contributed by atoms with E-state index in [0.29, 0.717) is 17.7 Å². The molecule has 0 saturated heterocycles. The Bertz CT molecular complexity index is 876. The first-order valence-corrected chi connectivity index (χ1v) is 10.6. The Hall–Kier alpha value is -2.49. The first-order chi connectivity index (χ1) is 13.9. The molecular weight excluding hydrogens is 362 g/mol. The summed E-state index contributed by atoms with van der Waals surface area (Å²) in [6.45, 7) is 7.93. The number of hydrogen-bond acceptors (Lipinski definition) is 4. The smallest absolute Gasteiger partial charge is 0.318 e. The fraction of sp³-hybridized carbons (Fsp3) is 0.480. The molecule has 0 bridgehead atoms. The van der Waals surface area contributed by atoms with Gasteiger partial charge in [-0.2, -0.15) is 0 Å². The van der Waals surface area contributed by atoms with E-state index in [1.54, 1.807) is 0 Å². The fourth-order valence-corrected chi connectivity index (χ4v) is 4.55. The molecule has 29 heavy (non-hydrogen) atoms. The van der Waals surface area contributed by atoms with Crippen LogP contribution in [0.15, 0.2) is 53.2 Å². The van der Waals surface area contributed by atoms with Gasteiger partial charge < -0.3 is 4.84 Å². The van der Waals surface area contributed by atoms with Crippen LogP contribution in [0, 0.1) is 5.92 Å². The van der Waals surface area contributed by atoms with Crippen molar-refractivity contribution >= 4 is 17.5 Å². The summed E-state index contributed by atoms with van der Waals surface area (Å²) in [5.74, 6) is -0.135. The van der Waals surface area contributed by atoms with Gasteiger partial charge in [-0.3, -0.25) is 4.79 Å². The SMILES string of the molecule is CCCCCC/C(=N\OC(C)=O)C(=O)C1=CC2C(C=C1)c1ccccc1C2(C)C. The van der Waals surface area contributed by atoms with Gasteiger partial charge in [-0.1, -0.05) is 87.7 Å². The molecule has 2 aliphatic rings. The number of ketones is 1. The van der Waals surface area contributed by atoms with Crippen molar-refractivity contribution in [3.63, 3.8) is 0 Å². The van der Waals surface area contributed by atoms with E-state index < -0.39 is 5.97 Å². The lowest BCUT2D eigenvalue weighted by atomic mass is 9.73. The number of fused-ring (bicyclic) bond motifs is 3. The van der Waals surface area contributed by atoms with Crippen molar-refractivity contribution in [2.24, 2.45) is 11.1 Å². The number of nitrogens with zero attached hydrogens (tertiary/aromatic N) is 1. The molecule has 0 spiro atoms. The maximum Gasteiger partial charge on any atom is 0.331 e. The second-order valence-electron chi connectivity index (χ2n) is 8.60. The van der Waals surface area contributed by atoms with Crippen LogP contribution in [-0.4, -0.2) is 17.5 Å². The minimum Gasteiger partial charge on any atom is -0.318 e. The van der Waals surface area contributed by atoms with Crippen LogP contribution in [-0.2, 0) is 19.8 Å². The van der Waals surface area contributed by atoms with E-state index in [1.165, 1.54) is 18.1 Å². The van der Waals surface area contributed by atoms with Crippen molar-refractivity contribution in [3.8, 4) is 0 Å². The Morgan fingerprint density at radius 3 is 2.62 bits per heavy atom. The first kappa shape index (κ1) is 21.2. The third-order valence-electron chi connectivity index (χ3n) is 6.15. The second kappa shape index (κ2) is 8.89. The molecule has 3 rings (SSSR count). The van der Waals surface area contributed by atoms with Crippen molar-refractivity contribution in [2.45, 2.75) is 71.1 Å².